The minimum Gasteiger partial charge on any atom is -0.495 e. The highest BCUT2D eigenvalue weighted by Gasteiger charge is 2.40. The second kappa shape index (κ2) is 10.6. The summed E-state index contributed by atoms with van der Waals surface area (Å²) in [6, 6.07) is 23.5. The third-order valence-electron chi connectivity index (χ3n) is 5.99. The van der Waals surface area contributed by atoms with Crippen LogP contribution in [0.25, 0.3) is 0 Å². The fourth-order valence-corrected chi connectivity index (χ4v) is 6.59. The molecule has 2 aliphatic rings. The lowest BCUT2D eigenvalue weighted by molar-refractivity contribution is -0.122. The van der Waals surface area contributed by atoms with Gasteiger partial charge in [-0.15, -0.1) is 0 Å². The van der Waals surface area contributed by atoms with Crippen LogP contribution in [0.2, 0.25) is 0 Å². The minimum absolute atomic E-state index is 0.0986. The van der Waals surface area contributed by atoms with E-state index in [0.29, 0.717) is 34.4 Å². The molecule has 3 aromatic carbocycles. The van der Waals surface area contributed by atoms with E-state index in [4.69, 9.17) is 9.73 Å². The van der Waals surface area contributed by atoms with Gasteiger partial charge < -0.3 is 15.0 Å². The fraction of sp³-hybridized carbons (Fsp3) is 0.179. The van der Waals surface area contributed by atoms with Gasteiger partial charge in [0.25, 0.3) is 5.91 Å². The number of ether oxygens (including phenoxy) is 1. The van der Waals surface area contributed by atoms with E-state index in [0.717, 1.165) is 32.6 Å². The van der Waals surface area contributed by atoms with Crippen LogP contribution in [0.1, 0.15) is 18.1 Å². The first-order valence-electron chi connectivity index (χ1n) is 11.8. The average Bonchev–Trinajstić information content (AvgIpc) is 3.41. The predicted octanol–water partition coefficient (Wildman–Crippen LogP) is 6.17. The molecule has 1 amide bonds. The van der Waals surface area contributed by atoms with E-state index in [2.05, 4.69) is 11.4 Å². The number of rotatable bonds is 6. The Bertz CT molecular complexity index is 1460. The number of hydrogen-bond acceptors (Lipinski definition) is 8. The van der Waals surface area contributed by atoms with Crippen molar-refractivity contribution in [1.82, 2.24) is 4.90 Å². The Labute approximate surface area is 224 Å². The van der Waals surface area contributed by atoms with Crippen molar-refractivity contribution in [2.75, 3.05) is 30.9 Å². The zero-order chi connectivity index (χ0) is 25.9. The van der Waals surface area contributed by atoms with E-state index in [1.165, 1.54) is 11.8 Å². The Morgan fingerprint density at radius 1 is 1.08 bits per heavy atom. The maximum atomic E-state index is 13.8. The first kappa shape index (κ1) is 24.8. The molecule has 0 aromatic heterocycles. The maximum Gasteiger partial charge on any atom is 0.269 e. The molecule has 0 spiro atoms. The lowest BCUT2D eigenvalue weighted by Crippen LogP contribution is -2.29. The lowest BCUT2D eigenvalue weighted by Gasteiger charge is -2.18. The van der Waals surface area contributed by atoms with E-state index in [-0.39, 0.29) is 5.91 Å². The number of fused-ring (bicyclic) bond motifs is 1. The number of carbonyl (C=O) groups excluding carboxylic acids is 1. The van der Waals surface area contributed by atoms with Gasteiger partial charge in [0.05, 0.1) is 41.3 Å². The summed E-state index contributed by atoms with van der Waals surface area (Å²) in [4.78, 5) is 24.1. The van der Waals surface area contributed by atoms with Gasteiger partial charge in [0.2, 0.25) is 0 Å². The summed E-state index contributed by atoms with van der Waals surface area (Å²) in [6.07, 6.45) is 0. The van der Waals surface area contributed by atoms with Crippen molar-refractivity contribution in [1.29, 1.82) is 5.26 Å². The van der Waals surface area contributed by atoms with Crippen molar-refractivity contribution in [2.24, 2.45) is 4.99 Å². The van der Waals surface area contributed by atoms with Gasteiger partial charge in [0.1, 0.15) is 16.7 Å². The van der Waals surface area contributed by atoms with Crippen molar-refractivity contribution in [2.45, 2.75) is 18.4 Å². The molecule has 0 aliphatic carbocycles. The molecule has 0 radical (unpaired) electrons. The minimum atomic E-state index is -0.0986. The second-order valence-corrected chi connectivity index (χ2v) is 10.4. The van der Waals surface area contributed by atoms with Crippen LogP contribution < -0.4 is 15.0 Å². The topological polar surface area (TPSA) is 81.0 Å². The predicted molar refractivity (Wildman–Crippen MR) is 151 cm³/mol. The Morgan fingerprint density at radius 3 is 2.62 bits per heavy atom. The SMILES string of the molecule is CCNc1ccc(N=C2S/C(=C3/Sc4cccc(OC)c4N3C)C(=O)N2Cc2ccccc2)cc1C#N. The number of nitrogens with zero attached hydrogens (tertiary/aromatic N) is 4. The fourth-order valence-electron chi connectivity index (χ4n) is 4.23. The molecule has 186 valence electrons. The summed E-state index contributed by atoms with van der Waals surface area (Å²) in [5.41, 5.74) is 3.86. The molecular weight excluding hydrogens is 502 g/mol. The van der Waals surface area contributed by atoms with Crippen LogP contribution in [-0.4, -0.2) is 36.7 Å². The van der Waals surface area contributed by atoms with Gasteiger partial charge in [-0.3, -0.25) is 9.69 Å². The number of nitriles is 1. The van der Waals surface area contributed by atoms with Crippen LogP contribution in [0.5, 0.6) is 5.75 Å². The number of methoxy groups -OCH3 is 1. The molecule has 5 rings (SSSR count). The quantitative estimate of drug-likeness (QED) is 0.384. The maximum absolute atomic E-state index is 13.8. The molecule has 1 saturated heterocycles. The van der Waals surface area contributed by atoms with Crippen molar-refractivity contribution in [3.8, 4) is 11.8 Å². The molecule has 2 aliphatic heterocycles. The average molecular weight is 528 g/mol. The van der Waals surface area contributed by atoms with Crippen molar-refractivity contribution in [3.05, 3.63) is 87.8 Å². The summed E-state index contributed by atoms with van der Waals surface area (Å²) < 4.78 is 5.58. The van der Waals surface area contributed by atoms with E-state index in [9.17, 15) is 10.1 Å². The molecule has 37 heavy (non-hydrogen) atoms. The number of anilines is 2. The number of para-hydroxylation sites is 1. The van der Waals surface area contributed by atoms with E-state index < -0.39 is 0 Å². The van der Waals surface area contributed by atoms with Gasteiger partial charge in [0, 0.05) is 18.5 Å². The summed E-state index contributed by atoms with van der Waals surface area (Å²) in [6.45, 7) is 3.10. The molecule has 1 fully saturated rings. The number of aliphatic imine (C=N–C) groups is 1. The number of amidine groups is 1. The molecular formula is C28H25N5O2S2. The molecule has 1 N–H and O–H groups in total. The highest BCUT2D eigenvalue weighted by atomic mass is 32.2. The second-order valence-electron chi connectivity index (χ2n) is 8.35. The van der Waals surface area contributed by atoms with Gasteiger partial charge in [-0.05, 0) is 54.6 Å². The van der Waals surface area contributed by atoms with Crippen LogP contribution in [0.15, 0.2) is 86.6 Å². The number of hydrogen-bond donors (Lipinski definition) is 1. The summed E-state index contributed by atoms with van der Waals surface area (Å²) in [5.74, 6) is 0.664. The van der Waals surface area contributed by atoms with Crippen LogP contribution >= 0.6 is 23.5 Å². The smallest absolute Gasteiger partial charge is 0.269 e. The number of nitrogens with one attached hydrogen (secondary N) is 1. The Morgan fingerprint density at radius 2 is 1.89 bits per heavy atom. The molecule has 3 aromatic rings. The van der Waals surface area contributed by atoms with Gasteiger partial charge in [-0.2, -0.15) is 5.26 Å². The molecule has 0 unspecified atom stereocenters. The van der Waals surface area contributed by atoms with E-state index in [1.807, 2.05) is 79.5 Å². The van der Waals surface area contributed by atoms with Crippen LogP contribution in [-0.2, 0) is 11.3 Å². The zero-order valence-electron chi connectivity index (χ0n) is 20.7. The molecule has 0 saturated carbocycles. The summed E-state index contributed by atoms with van der Waals surface area (Å²) in [5, 5.41) is 14.2. The summed E-state index contributed by atoms with van der Waals surface area (Å²) in [7, 11) is 3.60. The van der Waals surface area contributed by atoms with E-state index in [1.54, 1.807) is 29.8 Å². The number of carbonyl (C=O) groups is 1. The van der Waals surface area contributed by atoms with Gasteiger partial charge in [0.15, 0.2) is 5.17 Å². The van der Waals surface area contributed by atoms with Crippen LogP contribution in [0, 0.1) is 11.3 Å². The lowest BCUT2D eigenvalue weighted by atomic mass is 10.1. The van der Waals surface area contributed by atoms with Crippen molar-refractivity contribution < 1.29 is 9.53 Å². The molecule has 0 bridgehead atoms. The van der Waals surface area contributed by atoms with Crippen LogP contribution in [0.4, 0.5) is 17.1 Å². The highest BCUT2D eigenvalue weighted by molar-refractivity contribution is 8.19. The Balaban J connectivity index is 1.56. The van der Waals surface area contributed by atoms with Gasteiger partial charge in [-0.25, -0.2) is 4.99 Å². The zero-order valence-corrected chi connectivity index (χ0v) is 22.3. The monoisotopic (exact) mass is 527 g/mol. The van der Waals surface area contributed by atoms with Crippen molar-refractivity contribution >= 4 is 51.7 Å². The number of amides is 1. The van der Waals surface area contributed by atoms with Crippen LogP contribution in [0.3, 0.4) is 0 Å². The largest absolute Gasteiger partial charge is 0.495 e. The number of benzene rings is 3. The molecule has 0 atom stereocenters. The summed E-state index contributed by atoms with van der Waals surface area (Å²) >= 11 is 2.91. The molecule has 7 nitrogen and oxygen atoms in total. The third kappa shape index (κ3) is 4.78. The normalized spacial score (nSPS) is 17.8. The molecule has 9 heteroatoms. The Kier molecular flexibility index (Phi) is 7.12. The standard InChI is InChI=1S/C28H25N5O2S2/c1-4-30-21-14-13-20(15-19(21)16-29)31-28-33(17-18-9-6-5-7-10-18)26(34)25(37-28)27-32(2)24-22(35-3)11-8-12-23(24)36-27/h5-15,30H,4,17H2,1-3H3/b27-25+,31-28?. The third-order valence-corrected chi connectivity index (χ3v) is 8.40. The number of thioether (sulfide) groups is 2. The van der Waals surface area contributed by atoms with Crippen molar-refractivity contribution in [3.63, 3.8) is 0 Å². The Hall–Kier alpha value is -3.87. The first-order valence-corrected chi connectivity index (χ1v) is 13.4. The first-order chi connectivity index (χ1) is 18.0. The van der Waals surface area contributed by atoms with Gasteiger partial charge >= 0.3 is 0 Å². The highest BCUT2D eigenvalue weighted by Crippen LogP contribution is 2.53. The van der Waals surface area contributed by atoms with E-state index >= 15 is 0 Å². The van der Waals surface area contributed by atoms with Gasteiger partial charge in [-0.1, -0.05) is 48.2 Å². The molecule has 2 heterocycles.